The van der Waals surface area contributed by atoms with Crippen molar-refractivity contribution in [2.75, 3.05) is 30.3 Å². The summed E-state index contributed by atoms with van der Waals surface area (Å²) < 4.78 is 38.5. The number of fused-ring (bicyclic) bond motifs is 1. The first-order valence-electron chi connectivity index (χ1n) is 14.7. The van der Waals surface area contributed by atoms with E-state index < -0.39 is 28.5 Å². The number of nitrogens with one attached hydrogen (secondary N) is 1. The smallest absolute Gasteiger partial charge is 0.244 e. The average Bonchev–Trinajstić information content (AvgIpc) is 3.51. The van der Waals surface area contributed by atoms with E-state index in [0.717, 1.165) is 52.9 Å². The number of amides is 2. The molecule has 228 valence electrons. The molecule has 2 aliphatic rings. The second-order valence-corrected chi connectivity index (χ2v) is 13.2. The van der Waals surface area contributed by atoms with Gasteiger partial charge in [0.05, 0.1) is 11.9 Å². The van der Waals surface area contributed by atoms with E-state index in [0.29, 0.717) is 31.1 Å². The standard InChI is InChI=1S/C33H39N3O6S/c1-24-12-14-26(15-13-24)22-35(29(20-25-8-4-3-5-9-25)33(38)34-27-10-6-7-11-27)32(37)23-36(43(2,39)40)28-16-17-30-31(21-28)42-19-18-41-30/h3-5,8-9,12-17,21,27,29H,6-7,10-11,18-20,22-23H2,1-2H3,(H,34,38)/t29-/m0/s1. The zero-order valence-corrected chi connectivity index (χ0v) is 25.5. The minimum absolute atomic E-state index is 0.0623. The summed E-state index contributed by atoms with van der Waals surface area (Å²) in [7, 11) is -3.89. The molecular formula is C33H39N3O6S. The third-order valence-corrected chi connectivity index (χ3v) is 9.08. The van der Waals surface area contributed by atoms with E-state index in [4.69, 9.17) is 9.47 Å². The number of nitrogens with zero attached hydrogens (tertiary/aromatic N) is 2. The van der Waals surface area contributed by atoms with Gasteiger partial charge in [-0.15, -0.1) is 0 Å². The van der Waals surface area contributed by atoms with E-state index in [9.17, 15) is 18.0 Å². The molecule has 1 saturated carbocycles. The van der Waals surface area contributed by atoms with Crippen LogP contribution in [-0.2, 0) is 32.6 Å². The summed E-state index contributed by atoms with van der Waals surface area (Å²) >= 11 is 0. The van der Waals surface area contributed by atoms with Gasteiger partial charge in [-0.1, -0.05) is 73.0 Å². The second-order valence-electron chi connectivity index (χ2n) is 11.3. The van der Waals surface area contributed by atoms with Gasteiger partial charge in [0, 0.05) is 25.1 Å². The highest BCUT2D eigenvalue weighted by Crippen LogP contribution is 2.35. The Kier molecular flexibility index (Phi) is 9.55. The molecule has 3 aromatic carbocycles. The van der Waals surface area contributed by atoms with Gasteiger partial charge < -0.3 is 19.7 Å². The summed E-state index contributed by atoms with van der Waals surface area (Å²) in [6, 6.07) is 21.4. The predicted octanol–water partition coefficient (Wildman–Crippen LogP) is 4.23. The van der Waals surface area contributed by atoms with Gasteiger partial charge in [-0.2, -0.15) is 0 Å². The van der Waals surface area contributed by atoms with Crippen molar-refractivity contribution in [1.29, 1.82) is 0 Å². The first kappa shape index (κ1) is 30.4. The molecule has 43 heavy (non-hydrogen) atoms. The van der Waals surface area contributed by atoms with Gasteiger partial charge in [0.2, 0.25) is 21.8 Å². The van der Waals surface area contributed by atoms with Crippen LogP contribution in [0.5, 0.6) is 11.5 Å². The highest BCUT2D eigenvalue weighted by Gasteiger charge is 2.34. The van der Waals surface area contributed by atoms with E-state index in [1.54, 1.807) is 18.2 Å². The lowest BCUT2D eigenvalue weighted by molar-refractivity contribution is -0.140. The van der Waals surface area contributed by atoms with E-state index in [2.05, 4.69) is 5.32 Å². The Morgan fingerprint density at radius 1 is 0.907 bits per heavy atom. The number of aryl methyl sites for hydroxylation is 1. The molecule has 1 heterocycles. The normalized spacial score (nSPS) is 15.5. The number of carbonyl (C=O) groups is 2. The summed E-state index contributed by atoms with van der Waals surface area (Å²) in [4.78, 5) is 29.8. The van der Waals surface area contributed by atoms with Crippen LogP contribution in [0, 0.1) is 6.92 Å². The Morgan fingerprint density at radius 3 is 2.26 bits per heavy atom. The van der Waals surface area contributed by atoms with Crippen LogP contribution in [0.2, 0.25) is 0 Å². The molecule has 0 spiro atoms. The molecule has 9 nitrogen and oxygen atoms in total. The Labute approximate surface area is 253 Å². The van der Waals surface area contributed by atoms with Gasteiger partial charge in [-0.25, -0.2) is 8.42 Å². The topological polar surface area (TPSA) is 105 Å². The van der Waals surface area contributed by atoms with Crippen LogP contribution < -0.4 is 19.1 Å². The van der Waals surface area contributed by atoms with Gasteiger partial charge in [0.15, 0.2) is 11.5 Å². The fourth-order valence-corrected chi connectivity index (χ4v) is 6.45. The average molecular weight is 606 g/mol. The molecule has 0 bridgehead atoms. The molecule has 5 rings (SSSR count). The molecule has 0 saturated heterocycles. The lowest BCUT2D eigenvalue weighted by atomic mass is 10.0. The molecular weight excluding hydrogens is 566 g/mol. The number of anilines is 1. The summed E-state index contributed by atoms with van der Waals surface area (Å²) in [6.45, 7) is 2.40. The number of hydrogen-bond acceptors (Lipinski definition) is 6. The molecule has 2 amide bonds. The van der Waals surface area contributed by atoms with Crippen LogP contribution in [0.3, 0.4) is 0 Å². The van der Waals surface area contributed by atoms with Gasteiger partial charge >= 0.3 is 0 Å². The van der Waals surface area contributed by atoms with Crippen LogP contribution in [-0.4, -0.2) is 63.2 Å². The molecule has 1 aliphatic carbocycles. The summed E-state index contributed by atoms with van der Waals surface area (Å²) in [5.41, 5.74) is 3.10. The zero-order chi connectivity index (χ0) is 30.4. The summed E-state index contributed by atoms with van der Waals surface area (Å²) in [5.74, 6) is 0.214. The van der Waals surface area contributed by atoms with Gasteiger partial charge in [-0.05, 0) is 43.0 Å². The monoisotopic (exact) mass is 605 g/mol. The lowest BCUT2D eigenvalue weighted by Gasteiger charge is -2.34. The number of hydrogen-bond donors (Lipinski definition) is 1. The van der Waals surface area contributed by atoms with Crippen LogP contribution in [0.4, 0.5) is 5.69 Å². The Balaban J connectivity index is 1.50. The Bertz CT molecular complexity index is 1520. The highest BCUT2D eigenvalue weighted by molar-refractivity contribution is 7.92. The van der Waals surface area contributed by atoms with Crippen LogP contribution in [0.25, 0.3) is 0 Å². The highest BCUT2D eigenvalue weighted by atomic mass is 32.2. The van der Waals surface area contributed by atoms with Crippen molar-refractivity contribution in [1.82, 2.24) is 10.2 Å². The molecule has 3 aromatic rings. The Hall–Kier alpha value is -4.05. The van der Waals surface area contributed by atoms with Gasteiger partial charge in [0.1, 0.15) is 25.8 Å². The maximum absolute atomic E-state index is 14.3. The van der Waals surface area contributed by atoms with Crippen LogP contribution in [0.1, 0.15) is 42.4 Å². The van der Waals surface area contributed by atoms with Gasteiger partial charge in [0.25, 0.3) is 0 Å². The second kappa shape index (κ2) is 13.5. The van der Waals surface area contributed by atoms with Crippen LogP contribution in [0.15, 0.2) is 72.8 Å². The van der Waals surface area contributed by atoms with E-state index in [-0.39, 0.29) is 24.2 Å². The van der Waals surface area contributed by atoms with Crippen molar-refractivity contribution >= 4 is 27.5 Å². The first-order valence-corrected chi connectivity index (χ1v) is 16.6. The van der Waals surface area contributed by atoms with Crippen molar-refractivity contribution in [3.8, 4) is 11.5 Å². The van der Waals surface area contributed by atoms with Crippen molar-refractivity contribution in [2.45, 2.75) is 57.7 Å². The van der Waals surface area contributed by atoms with Crippen molar-refractivity contribution in [3.63, 3.8) is 0 Å². The van der Waals surface area contributed by atoms with E-state index in [1.807, 2.05) is 61.5 Å². The minimum atomic E-state index is -3.89. The molecule has 0 unspecified atom stereocenters. The van der Waals surface area contributed by atoms with Crippen molar-refractivity contribution < 1.29 is 27.5 Å². The molecule has 1 N–H and O–H groups in total. The fraction of sp³-hybridized carbons (Fsp3) is 0.394. The van der Waals surface area contributed by atoms with Crippen molar-refractivity contribution in [2.24, 2.45) is 0 Å². The fourth-order valence-electron chi connectivity index (χ4n) is 5.61. The molecule has 0 aromatic heterocycles. The first-order chi connectivity index (χ1) is 20.7. The third-order valence-electron chi connectivity index (χ3n) is 7.94. The maximum Gasteiger partial charge on any atom is 0.244 e. The molecule has 0 radical (unpaired) electrons. The Morgan fingerprint density at radius 2 is 1.58 bits per heavy atom. The molecule has 1 atom stereocenters. The minimum Gasteiger partial charge on any atom is -0.486 e. The maximum atomic E-state index is 14.3. The third kappa shape index (κ3) is 7.87. The SMILES string of the molecule is Cc1ccc(CN(C(=O)CN(c2ccc3c(c2)OCCO3)S(C)(=O)=O)[C@@H](Cc2ccccc2)C(=O)NC2CCCC2)cc1. The number of benzene rings is 3. The quantitative estimate of drug-likeness (QED) is 0.351. The lowest BCUT2D eigenvalue weighted by Crippen LogP contribution is -2.54. The molecule has 1 fully saturated rings. The van der Waals surface area contributed by atoms with Crippen molar-refractivity contribution in [3.05, 3.63) is 89.5 Å². The van der Waals surface area contributed by atoms with Gasteiger partial charge in [-0.3, -0.25) is 13.9 Å². The zero-order valence-electron chi connectivity index (χ0n) is 24.7. The summed E-state index contributed by atoms with van der Waals surface area (Å²) in [6.07, 6.45) is 5.28. The molecule has 10 heteroatoms. The summed E-state index contributed by atoms with van der Waals surface area (Å²) in [5, 5.41) is 3.18. The van der Waals surface area contributed by atoms with E-state index >= 15 is 0 Å². The largest absolute Gasteiger partial charge is 0.486 e. The van der Waals surface area contributed by atoms with Crippen LogP contribution >= 0.6 is 0 Å². The number of rotatable bonds is 11. The number of ether oxygens (including phenoxy) is 2. The predicted molar refractivity (Wildman–Crippen MR) is 166 cm³/mol. The van der Waals surface area contributed by atoms with E-state index in [1.165, 1.54) is 4.90 Å². The number of sulfonamides is 1. The number of carbonyl (C=O) groups excluding carboxylic acids is 2. The molecule has 1 aliphatic heterocycles.